The summed E-state index contributed by atoms with van der Waals surface area (Å²) < 4.78 is 11.4. The molecule has 2 aliphatic heterocycles. The second-order valence-corrected chi connectivity index (χ2v) is 7.89. The number of nitrogens with zero attached hydrogens (tertiary/aromatic N) is 3. The van der Waals surface area contributed by atoms with Gasteiger partial charge in [-0.1, -0.05) is 0 Å². The van der Waals surface area contributed by atoms with Crippen molar-refractivity contribution in [3.63, 3.8) is 0 Å². The van der Waals surface area contributed by atoms with E-state index in [9.17, 15) is 0 Å². The Morgan fingerprint density at radius 3 is 2.83 bits per heavy atom. The molecular formula is C18H23N3O2S. The van der Waals surface area contributed by atoms with E-state index in [4.69, 9.17) is 9.47 Å². The van der Waals surface area contributed by atoms with Crippen LogP contribution in [0.25, 0.3) is 0 Å². The van der Waals surface area contributed by atoms with Crippen LogP contribution in [0.1, 0.15) is 33.9 Å². The second kappa shape index (κ2) is 6.43. The molecule has 0 amide bonds. The van der Waals surface area contributed by atoms with E-state index in [0.717, 1.165) is 51.2 Å². The maximum atomic E-state index is 6.31. The molecule has 0 N–H and O–H groups in total. The predicted octanol–water partition coefficient (Wildman–Crippen LogP) is 2.92. The number of hydrogen-bond donors (Lipinski definition) is 0. The molecule has 0 aliphatic carbocycles. The Balaban J connectivity index is 1.43. The van der Waals surface area contributed by atoms with Crippen molar-refractivity contribution in [3.05, 3.63) is 39.5 Å². The summed E-state index contributed by atoms with van der Waals surface area (Å²) in [6.45, 7) is 5.96. The third-order valence-corrected chi connectivity index (χ3v) is 6.31. The normalized spacial score (nSPS) is 20.1. The summed E-state index contributed by atoms with van der Waals surface area (Å²) >= 11 is 1.93. The van der Waals surface area contributed by atoms with Crippen LogP contribution in [0.4, 0.5) is 0 Å². The van der Waals surface area contributed by atoms with Crippen molar-refractivity contribution in [3.8, 4) is 5.88 Å². The summed E-state index contributed by atoms with van der Waals surface area (Å²) in [7, 11) is 1.61. The van der Waals surface area contributed by atoms with Gasteiger partial charge in [-0.3, -0.25) is 9.88 Å². The fraction of sp³-hybridized carbons (Fsp3) is 0.556. The fourth-order valence-electron chi connectivity index (χ4n) is 3.76. The molecule has 0 unspecified atom stereocenters. The molecule has 4 rings (SSSR count). The number of fused-ring (bicyclic) bond motifs is 2. The first-order valence-electron chi connectivity index (χ1n) is 8.49. The molecule has 1 fully saturated rings. The Labute approximate surface area is 146 Å². The van der Waals surface area contributed by atoms with Gasteiger partial charge >= 0.3 is 0 Å². The van der Waals surface area contributed by atoms with Gasteiger partial charge in [0.1, 0.15) is 5.60 Å². The summed E-state index contributed by atoms with van der Waals surface area (Å²) in [5, 5.41) is 0. The van der Waals surface area contributed by atoms with Crippen LogP contribution in [0.15, 0.2) is 18.5 Å². The van der Waals surface area contributed by atoms with Crippen LogP contribution in [-0.2, 0) is 23.3 Å². The Hall–Kier alpha value is -1.50. The Bertz CT molecular complexity index is 706. The van der Waals surface area contributed by atoms with Crippen LogP contribution in [0.2, 0.25) is 0 Å². The summed E-state index contributed by atoms with van der Waals surface area (Å²) in [5.41, 5.74) is 2.46. The lowest BCUT2D eigenvalue weighted by molar-refractivity contribution is -0.0962. The van der Waals surface area contributed by atoms with Crippen molar-refractivity contribution >= 4 is 11.3 Å². The van der Waals surface area contributed by atoms with Gasteiger partial charge in [0.05, 0.1) is 31.8 Å². The van der Waals surface area contributed by atoms with E-state index in [1.165, 1.54) is 15.3 Å². The van der Waals surface area contributed by atoms with Crippen molar-refractivity contribution in [2.75, 3.05) is 26.8 Å². The monoisotopic (exact) mass is 345 g/mol. The number of likely N-dealkylation sites (tertiary alicyclic amines) is 1. The van der Waals surface area contributed by atoms with Crippen LogP contribution < -0.4 is 4.74 Å². The number of aromatic nitrogens is 2. The number of thiophene rings is 1. The van der Waals surface area contributed by atoms with Crippen LogP contribution in [0.3, 0.4) is 0 Å². The lowest BCUT2D eigenvalue weighted by atomic mass is 9.85. The minimum atomic E-state index is -0.0470. The van der Waals surface area contributed by atoms with Crippen molar-refractivity contribution in [1.29, 1.82) is 0 Å². The zero-order valence-electron chi connectivity index (χ0n) is 14.2. The number of methoxy groups -OCH3 is 1. The molecule has 5 nitrogen and oxygen atoms in total. The van der Waals surface area contributed by atoms with Gasteiger partial charge in [0.25, 0.3) is 0 Å². The molecule has 1 saturated heterocycles. The van der Waals surface area contributed by atoms with Crippen molar-refractivity contribution in [2.45, 2.75) is 38.3 Å². The minimum Gasteiger partial charge on any atom is -0.480 e. The summed E-state index contributed by atoms with van der Waals surface area (Å²) in [6, 6.07) is 2.35. The summed E-state index contributed by atoms with van der Waals surface area (Å²) in [5.74, 6) is 0.563. The van der Waals surface area contributed by atoms with Gasteiger partial charge in [0, 0.05) is 29.4 Å². The van der Waals surface area contributed by atoms with Crippen molar-refractivity contribution < 1.29 is 9.47 Å². The molecule has 0 radical (unpaired) electrons. The van der Waals surface area contributed by atoms with E-state index in [-0.39, 0.29) is 5.60 Å². The minimum absolute atomic E-state index is 0.0470. The Morgan fingerprint density at radius 2 is 2.12 bits per heavy atom. The molecule has 6 heteroatoms. The van der Waals surface area contributed by atoms with Gasteiger partial charge < -0.3 is 9.47 Å². The van der Waals surface area contributed by atoms with E-state index < -0.39 is 0 Å². The molecule has 0 atom stereocenters. The van der Waals surface area contributed by atoms with Crippen LogP contribution >= 0.6 is 11.3 Å². The topological polar surface area (TPSA) is 47.5 Å². The lowest BCUT2D eigenvalue weighted by Gasteiger charge is -2.43. The van der Waals surface area contributed by atoms with Gasteiger partial charge in [-0.05, 0) is 37.8 Å². The highest BCUT2D eigenvalue weighted by Gasteiger charge is 2.42. The number of piperidine rings is 1. The van der Waals surface area contributed by atoms with E-state index in [2.05, 4.69) is 27.9 Å². The molecule has 0 bridgehead atoms. The zero-order valence-corrected chi connectivity index (χ0v) is 15.1. The van der Waals surface area contributed by atoms with Gasteiger partial charge in [0.2, 0.25) is 5.88 Å². The smallest absolute Gasteiger partial charge is 0.231 e. The standard InChI is InChI=1S/C18H23N3O2S/c1-13-9-14-3-8-23-18(17(14)24-13)4-6-21(7-5-18)12-15-10-20-16(22-2)11-19-15/h9-11H,3-8,12H2,1-2H3. The first-order chi connectivity index (χ1) is 11.7. The molecule has 24 heavy (non-hydrogen) atoms. The Morgan fingerprint density at radius 1 is 1.29 bits per heavy atom. The number of aryl methyl sites for hydroxylation is 1. The lowest BCUT2D eigenvalue weighted by Crippen LogP contribution is -2.45. The highest BCUT2D eigenvalue weighted by molar-refractivity contribution is 7.12. The van der Waals surface area contributed by atoms with Crippen molar-refractivity contribution in [2.24, 2.45) is 0 Å². The molecule has 0 saturated carbocycles. The van der Waals surface area contributed by atoms with E-state index >= 15 is 0 Å². The first kappa shape index (κ1) is 16.0. The molecule has 4 heterocycles. The maximum Gasteiger partial charge on any atom is 0.231 e. The van der Waals surface area contributed by atoms with Gasteiger partial charge in [-0.15, -0.1) is 11.3 Å². The zero-order chi connectivity index (χ0) is 16.6. The average molecular weight is 345 g/mol. The molecule has 128 valence electrons. The van der Waals surface area contributed by atoms with E-state index in [0.29, 0.717) is 5.88 Å². The van der Waals surface area contributed by atoms with Gasteiger partial charge in [-0.2, -0.15) is 0 Å². The predicted molar refractivity (Wildman–Crippen MR) is 93.5 cm³/mol. The maximum absolute atomic E-state index is 6.31. The number of ether oxygens (including phenoxy) is 2. The molecular weight excluding hydrogens is 322 g/mol. The quantitative estimate of drug-likeness (QED) is 0.856. The third-order valence-electron chi connectivity index (χ3n) is 5.04. The third kappa shape index (κ3) is 2.94. The fourth-order valence-corrected chi connectivity index (χ4v) is 5.03. The highest BCUT2D eigenvalue weighted by atomic mass is 32.1. The van der Waals surface area contributed by atoms with Crippen molar-refractivity contribution in [1.82, 2.24) is 14.9 Å². The molecule has 1 spiro atoms. The second-order valence-electron chi connectivity index (χ2n) is 6.63. The molecule has 2 aliphatic rings. The molecule has 2 aromatic rings. The average Bonchev–Trinajstić information content (AvgIpc) is 3.00. The SMILES string of the molecule is COc1cnc(CN2CCC3(CC2)OCCc2cc(C)sc23)cn1. The largest absolute Gasteiger partial charge is 0.480 e. The van der Waals surface area contributed by atoms with Gasteiger partial charge in [-0.25, -0.2) is 4.98 Å². The summed E-state index contributed by atoms with van der Waals surface area (Å²) in [6.07, 6.45) is 6.67. The van der Waals surface area contributed by atoms with Crippen LogP contribution in [0.5, 0.6) is 5.88 Å². The van der Waals surface area contributed by atoms with Crippen LogP contribution in [-0.4, -0.2) is 41.7 Å². The first-order valence-corrected chi connectivity index (χ1v) is 9.31. The highest BCUT2D eigenvalue weighted by Crippen LogP contribution is 2.45. The number of hydrogen-bond acceptors (Lipinski definition) is 6. The Kier molecular flexibility index (Phi) is 4.28. The van der Waals surface area contributed by atoms with E-state index in [1.807, 2.05) is 11.3 Å². The number of rotatable bonds is 3. The van der Waals surface area contributed by atoms with Gasteiger partial charge in [0.15, 0.2) is 0 Å². The summed E-state index contributed by atoms with van der Waals surface area (Å²) in [4.78, 5) is 14.0. The van der Waals surface area contributed by atoms with Crippen LogP contribution in [0, 0.1) is 6.92 Å². The molecule has 2 aromatic heterocycles. The van der Waals surface area contributed by atoms with E-state index in [1.54, 1.807) is 19.5 Å². The molecule has 0 aromatic carbocycles.